The summed E-state index contributed by atoms with van der Waals surface area (Å²) < 4.78 is 0. The van der Waals surface area contributed by atoms with Crippen LogP contribution in [0.25, 0.3) is 0 Å². The molecule has 31 heavy (non-hydrogen) atoms. The van der Waals surface area contributed by atoms with Crippen LogP contribution in [0.2, 0.25) is 0 Å². The molecule has 3 heterocycles. The Hall–Kier alpha value is -2.34. The van der Waals surface area contributed by atoms with Gasteiger partial charge in [0.2, 0.25) is 5.91 Å². The Balaban J connectivity index is 1.64. The first-order chi connectivity index (χ1) is 14.8. The molecule has 10 nitrogen and oxygen atoms in total. The topological polar surface area (TPSA) is 147 Å². The number of carbonyl (C=O) groups is 3. The number of aliphatic carboxylic acids is 1. The molecule has 4 N–H and O–H groups in total. The number of hydrogen-bond acceptors (Lipinski definition) is 9. The number of carbonyl (C=O) groups excluding carboxylic acids is 2. The minimum atomic E-state index is -0.998. The van der Waals surface area contributed by atoms with E-state index in [1.165, 1.54) is 28.0 Å². The van der Waals surface area contributed by atoms with Crippen molar-refractivity contribution in [1.29, 1.82) is 0 Å². The summed E-state index contributed by atoms with van der Waals surface area (Å²) in [5.41, 5.74) is 4.94. The Labute approximate surface area is 188 Å². The van der Waals surface area contributed by atoms with Crippen LogP contribution in [-0.2, 0) is 19.2 Å². The maximum absolute atomic E-state index is 12.9. The fraction of sp³-hybridized carbons (Fsp3) is 0.632. The Morgan fingerprint density at radius 2 is 2.23 bits per heavy atom. The van der Waals surface area contributed by atoms with Crippen molar-refractivity contribution < 1.29 is 24.3 Å². The Kier molecular flexibility index (Phi) is 7.42. The second-order valence-corrected chi connectivity index (χ2v) is 9.88. The van der Waals surface area contributed by atoms with Gasteiger partial charge in [-0.3, -0.25) is 14.4 Å². The first kappa shape index (κ1) is 23.3. The fourth-order valence-corrected chi connectivity index (χ4v) is 5.38. The second-order valence-electron chi connectivity index (χ2n) is 7.89. The number of nitrogens with two attached hydrogens (primary N) is 1. The van der Waals surface area contributed by atoms with E-state index in [1.807, 2.05) is 0 Å². The van der Waals surface area contributed by atoms with Gasteiger partial charge in [0.25, 0.3) is 5.91 Å². The molecule has 2 aliphatic rings. The molecule has 2 unspecified atom stereocenters. The molecule has 0 aliphatic carbocycles. The largest absolute Gasteiger partial charge is 0.481 e. The molecule has 1 aromatic heterocycles. The zero-order chi connectivity index (χ0) is 22.6. The predicted molar refractivity (Wildman–Crippen MR) is 119 cm³/mol. The van der Waals surface area contributed by atoms with Gasteiger partial charge in [-0.2, -0.15) is 0 Å². The molecule has 1 aromatic rings. The van der Waals surface area contributed by atoms with Gasteiger partial charge in [-0.15, -0.1) is 23.1 Å². The first-order valence-corrected chi connectivity index (χ1v) is 12.1. The number of carboxylic acids is 1. The fourth-order valence-electron chi connectivity index (χ4n) is 3.35. The molecule has 170 valence electrons. The molecule has 0 spiro atoms. The molecule has 12 heteroatoms. The van der Waals surface area contributed by atoms with Crippen molar-refractivity contribution in [2.75, 3.05) is 24.6 Å². The second kappa shape index (κ2) is 9.86. The van der Waals surface area contributed by atoms with Crippen LogP contribution in [0.1, 0.15) is 45.2 Å². The lowest BCUT2D eigenvalue weighted by molar-refractivity contribution is -0.157. The number of aromatic nitrogens is 1. The number of unbranched alkanes of at least 4 members (excludes halogenated alkanes) is 3. The van der Waals surface area contributed by atoms with Gasteiger partial charge in [0.05, 0.1) is 5.41 Å². The van der Waals surface area contributed by atoms with E-state index < -0.39 is 23.3 Å². The van der Waals surface area contributed by atoms with Crippen LogP contribution in [0, 0.1) is 5.41 Å². The number of nitrogens with zero attached hydrogens (tertiary/aromatic N) is 3. The highest BCUT2D eigenvalue weighted by Crippen LogP contribution is 2.41. The number of anilines is 1. The first-order valence-electron chi connectivity index (χ1n) is 10.1. The van der Waals surface area contributed by atoms with E-state index >= 15 is 0 Å². The smallest absolute Gasteiger partial charge is 0.312 e. The van der Waals surface area contributed by atoms with Crippen LogP contribution in [0.4, 0.5) is 5.13 Å². The molecule has 2 fully saturated rings. The van der Waals surface area contributed by atoms with Gasteiger partial charge in [0, 0.05) is 17.7 Å². The van der Waals surface area contributed by atoms with E-state index in [2.05, 4.69) is 22.4 Å². The standard InChI is InChI=1S/C19H27N5O5S2/c1-3-4-5-6-7-29-23-12(11-8-30-18(20)21-11)14(25)22-13-15(26)24-9-19(2,17(27)28)10-31-16(13)24/h8,13,16H,3-7,9-10H2,1-2H3,(H2,20,21)(H,22,25)(H,27,28)/t13?,16-,19?/m1/s1. The van der Waals surface area contributed by atoms with Crippen LogP contribution >= 0.6 is 23.1 Å². The number of hydrogen-bond donors (Lipinski definition) is 3. The number of nitrogens with one attached hydrogen (secondary N) is 1. The highest BCUT2D eigenvalue weighted by Gasteiger charge is 2.56. The Morgan fingerprint density at radius 3 is 2.87 bits per heavy atom. The van der Waals surface area contributed by atoms with Crippen LogP contribution in [0.5, 0.6) is 0 Å². The van der Waals surface area contributed by atoms with E-state index in [4.69, 9.17) is 10.6 Å². The van der Waals surface area contributed by atoms with Crippen molar-refractivity contribution in [3.63, 3.8) is 0 Å². The van der Waals surface area contributed by atoms with Gasteiger partial charge in [0.15, 0.2) is 10.8 Å². The minimum Gasteiger partial charge on any atom is -0.481 e. The van der Waals surface area contributed by atoms with Crippen molar-refractivity contribution >= 4 is 51.7 Å². The molecule has 2 aliphatic heterocycles. The van der Waals surface area contributed by atoms with Crippen molar-refractivity contribution in [3.05, 3.63) is 11.1 Å². The predicted octanol–water partition coefficient (Wildman–Crippen LogP) is 1.52. The quantitative estimate of drug-likeness (QED) is 0.202. The molecule has 2 amide bonds. The lowest BCUT2D eigenvalue weighted by Crippen LogP contribution is -2.73. The van der Waals surface area contributed by atoms with E-state index in [0.29, 0.717) is 17.5 Å². The molecular formula is C19H27N5O5S2. The number of thiazole rings is 1. The van der Waals surface area contributed by atoms with Gasteiger partial charge < -0.3 is 25.9 Å². The van der Waals surface area contributed by atoms with Crippen molar-refractivity contribution in [2.45, 2.75) is 50.9 Å². The summed E-state index contributed by atoms with van der Waals surface area (Å²) >= 11 is 2.52. The maximum atomic E-state index is 12.9. The van der Waals surface area contributed by atoms with Gasteiger partial charge in [-0.05, 0) is 19.8 Å². The summed E-state index contributed by atoms with van der Waals surface area (Å²) in [6.45, 7) is 4.23. The number of amides is 2. The van der Waals surface area contributed by atoms with Crippen LogP contribution in [0.15, 0.2) is 10.5 Å². The average molecular weight is 470 g/mol. The third-order valence-electron chi connectivity index (χ3n) is 5.26. The number of rotatable bonds is 10. The van der Waals surface area contributed by atoms with Gasteiger partial charge in [0.1, 0.15) is 23.7 Å². The highest BCUT2D eigenvalue weighted by atomic mass is 32.2. The SMILES string of the molecule is CCCCCCON=C(C(=O)NC1C(=O)N2CC(C)(C(=O)O)CS[C@H]12)c1csc(N)n1. The summed E-state index contributed by atoms with van der Waals surface area (Å²) in [6.07, 6.45) is 4.04. The number of oxime groups is 1. The van der Waals surface area contributed by atoms with E-state index in [1.54, 1.807) is 12.3 Å². The third-order valence-corrected chi connectivity index (χ3v) is 7.61. The molecule has 0 saturated carbocycles. The Morgan fingerprint density at radius 1 is 1.45 bits per heavy atom. The molecule has 0 bridgehead atoms. The maximum Gasteiger partial charge on any atom is 0.312 e. The number of thioether (sulfide) groups is 1. The van der Waals surface area contributed by atoms with Crippen molar-refractivity contribution in [2.24, 2.45) is 10.6 Å². The number of fused-ring (bicyclic) bond motifs is 1. The molecule has 0 aromatic carbocycles. The minimum absolute atomic E-state index is 0.0362. The molecule has 3 atom stereocenters. The van der Waals surface area contributed by atoms with Gasteiger partial charge >= 0.3 is 5.97 Å². The zero-order valence-electron chi connectivity index (χ0n) is 17.5. The average Bonchev–Trinajstić information content (AvgIpc) is 3.17. The lowest BCUT2D eigenvalue weighted by Gasteiger charge is -2.53. The van der Waals surface area contributed by atoms with Crippen molar-refractivity contribution in [3.8, 4) is 0 Å². The zero-order valence-corrected chi connectivity index (χ0v) is 19.1. The van der Waals surface area contributed by atoms with E-state index in [0.717, 1.165) is 25.7 Å². The summed E-state index contributed by atoms with van der Waals surface area (Å²) in [6, 6.07) is -0.749. The van der Waals surface area contributed by atoms with Crippen molar-refractivity contribution in [1.82, 2.24) is 15.2 Å². The summed E-state index contributed by atoms with van der Waals surface area (Å²) in [4.78, 5) is 47.9. The molecule has 2 saturated heterocycles. The highest BCUT2D eigenvalue weighted by molar-refractivity contribution is 8.00. The third kappa shape index (κ3) is 5.12. The molecular weight excluding hydrogens is 442 g/mol. The summed E-state index contributed by atoms with van der Waals surface area (Å²) in [5, 5.41) is 17.7. The van der Waals surface area contributed by atoms with Crippen LogP contribution in [0.3, 0.4) is 0 Å². The number of nitrogen functional groups attached to an aromatic ring is 1. The lowest BCUT2D eigenvalue weighted by atomic mass is 9.89. The number of β-lactam (4-membered cyclic amide) rings is 1. The van der Waals surface area contributed by atoms with Gasteiger partial charge in [-0.1, -0.05) is 24.9 Å². The molecule has 3 rings (SSSR count). The summed E-state index contributed by atoms with van der Waals surface area (Å²) in [7, 11) is 0. The number of carboxylic acid groups (broad SMARTS) is 1. The van der Waals surface area contributed by atoms with E-state index in [9.17, 15) is 19.5 Å². The van der Waals surface area contributed by atoms with E-state index in [-0.39, 0.29) is 29.2 Å². The van der Waals surface area contributed by atoms with Crippen LogP contribution < -0.4 is 11.1 Å². The van der Waals surface area contributed by atoms with Crippen LogP contribution in [-0.4, -0.2) is 68.8 Å². The van der Waals surface area contributed by atoms with Gasteiger partial charge in [-0.25, -0.2) is 4.98 Å². The Bertz CT molecular complexity index is 876. The normalized spacial score (nSPS) is 25.5. The monoisotopic (exact) mass is 469 g/mol. The molecule has 0 radical (unpaired) electrons. The summed E-state index contributed by atoms with van der Waals surface area (Å²) in [5.74, 6) is -1.47.